The minimum atomic E-state index is -0.634. The van der Waals surface area contributed by atoms with Gasteiger partial charge in [-0.3, -0.25) is 0 Å². The Balaban J connectivity index is 1.55. The second-order valence-electron chi connectivity index (χ2n) is 6.92. The summed E-state index contributed by atoms with van der Waals surface area (Å²) in [5.41, 5.74) is 4.23. The quantitative estimate of drug-likeness (QED) is 0.771. The lowest BCUT2D eigenvalue weighted by Crippen LogP contribution is -2.23. The van der Waals surface area contributed by atoms with Gasteiger partial charge in [0.2, 0.25) is 0 Å². The van der Waals surface area contributed by atoms with E-state index in [1.807, 2.05) is 6.20 Å². The third-order valence-corrected chi connectivity index (χ3v) is 6.32. The molecule has 1 aliphatic carbocycles. The van der Waals surface area contributed by atoms with E-state index in [0.717, 1.165) is 19.5 Å². The molecule has 4 heteroatoms. The molecular weight excluding hydrogens is 319 g/mol. The number of benzene rings is 1. The average Bonchev–Trinajstić information content (AvgIpc) is 3.31. The molecule has 2 aliphatic rings. The van der Waals surface area contributed by atoms with Gasteiger partial charge in [-0.25, -0.2) is 9.37 Å². The molecule has 126 valence electrons. The predicted molar refractivity (Wildman–Crippen MR) is 98.3 cm³/mol. The molecule has 3 atom stereocenters. The van der Waals surface area contributed by atoms with Gasteiger partial charge in [0.15, 0.2) is 0 Å². The first-order valence-electron chi connectivity index (χ1n) is 8.77. The molecule has 0 amide bonds. The lowest BCUT2D eigenvalue weighted by atomic mass is 9.83. The van der Waals surface area contributed by atoms with E-state index in [-0.39, 0.29) is 0 Å². The molecule has 2 heterocycles. The second kappa shape index (κ2) is 6.77. The van der Waals surface area contributed by atoms with Gasteiger partial charge in [-0.15, -0.1) is 11.3 Å². The van der Waals surface area contributed by atoms with Crippen LogP contribution < -0.4 is 0 Å². The van der Waals surface area contributed by atoms with Crippen molar-refractivity contribution in [3.8, 4) is 0 Å². The fraction of sp³-hybridized carbons (Fsp3) is 0.450. The summed E-state index contributed by atoms with van der Waals surface area (Å²) in [6.45, 7) is 4.75. The topological polar surface area (TPSA) is 16.1 Å². The molecule has 0 spiro atoms. The molecule has 4 rings (SSSR count). The van der Waals surface area contributed by atoms with Gasteiger partial charge in [0.1, 0.15) is 6.17 Å². The zero-order chi connectivity index (χ0) is 16.5. The Bertz CT molecular complexity index is 725. The smallest absolute Gasteiger partial charge is 0.114 e. The minimum absolute atomic E-state index is 0.382. The van der Waals surface area contributed by atoms with E-state index >= 15 is 0 Å². The molecule has 1 aromatic carbocycles. The summed E-state index contributed by atoms with van der Waals surface area (Å²) >= 11 is 1.74. The van der Waals surface area contributed by atoms with Crippen molar-refractivity contribution in [2.24, 2.45) is 0 Å². The maximum atomic E-state index is 13.4. The normalized spacial score (nSPS) is 24.8. The summed E-state index contributed by atoms with van der Waals surface area (Å²) in [7, 11) is 0. The predicted octanol–water partition coefficient (Wildman–Crippen LogP) is 4.86. The Hall–Kier alpha value is -1.52. The highest BCUT2D eigenvalue weighted by Crippen LogP contribution is 2.46. The number of hydrogen-bond donors (Lipinski definition) is 0. The van der Waals surface area contributed by atoms with E-state index in [9.17, 15) is 4.39 Å². The van der Waals surface area contributed by atoms with E-state index in [2.05, 4.69) is 52.5 Å². The maximum absolute atomic E-state index is 13.4. The van der Waals surface area contributed by atoms with Gasteiger partial charge >= 0.3 is 0 Å². The van der Waals surface area contributed by atoms with E-state index in [4.69, 9.17) is 0 Å². The zero-order valence-electron chi connectivity index (χ0n) is 14.0. The summed E-state index contributed by atoms with van der Waals surface area (Å²) in [5.74, 6) is 0.781. The molecule has 2 nitrogen and oxygen atoms in total. The molecule has 24 heavy (non-hydrogen) atoms. The first-order valence-corrected chi connectivity index (χ1v) is 9.65. The third-order valence-electron chi connectivity index (χ3n) is 5.34. The largest absolute Gasteiger partial charge is 0.300 e. The maximum Gasteiger partial charge on any atom is 0.114 e. The van der Waals surface area contributed by atoms with Crippen LogP contribution in [0.15, 0.2) is 41.4 Å². The van der Waals surface area contributed by atoms with Crippen LogP contribution in [0.25, 0.3) is 6.08 Å². The summed E-state index contributed by atoms with van der Waals surface area (Å²) in [6.07, 6.45) is 5.32. The van der Waals surface area contributed by atoms with Gasteiger partial charge in [-0.1, -0.05) is 42.8 Å². The highest BCUT2D eigenvalue weighted by Gasteiger charge is 2.32. The van der Waals surface area contributed by atoms with Crippen molar-refractivity contribution in [1.29, 1.82) is 0 Å². The first-order chi connectivity index (χ1) is 11.7. The number of thiazole rings is 1. The molecule has 0 bridgehead atoms. The molecule has 3 unspecified atom stereocenters. The van der Waals surface area contributed by atoms with Gasteiger partial charge < -0.3 is 4.90 Å². The van der Waals surface area contributed by atoms with Crippen molar-refractivity contribution < 1.29 is 4.39 Å². The van der Waals surface area contributed by atoms with E-state index < -0.39 is 6.17 Å². The number of hydrogen-bond acceptors (Lipinski definition) is 3. The van der Waals surface area contributed by atoms with Crippen molar-refractivity contribution >= 4 is 17.4 Å². The third kappa shape index (κ3) is 3.05. The molecular formula is C20H23FN2S. The Morgan fingerprint density at radius 2 is 2.25 bits per heavy atom. The zero-order valence-corrected chi connectivity index (χ0v) is 14.8. The van der Waals surface area contributed by atoms with Crippen molar-refractivity contribution in [3.05, 3.63) is 57.6 Å². The molecule has 1 fully saturated rings. The van der Waals surface area contributed by atoms with Crippen molar-refractivity contribution in [2.75, 3.05) is 19.6 Å². The first kappa shape index (κ1) is 16.0. The Morgan fingerprint density at radius 3 is 3.00 bits per heavy atom. The molecule has 0 saturated carbocycles. The summed E-state index contributed by atoms with van der Waals surface area (Å²) in [5, 5.41) is 3.26. The number of rotatable bonds is 5. The van der Waals surface area contributed by atoms with Crippen LogP contribution in [0.3, 0.4) is 0 Å². The Kier molecular flexibility index (Phi) is 4.51. The van der Waals surface area contributed by atoms with Crippen LogP contribution in [0.5, 0.6) is 0 Å². The average molecular weight is 342 g/mol. The summed E-state index contributed by atoms with van der Waals surface area (Å²) in [6, 6.07) is 8.70. The molecule has 1 saturated heterocycles. The number of fused-ring (bicyclic) bond motifs is 1. The fourth-order valence-corrected chi connectivity index (χ4v) is 4.84. The molecule has 0 radical (unpaired) electrons. The van der Waals surface area contributed by atoms with Crippen molar-refractivity contribution in [1.82, 2.24) is 9.88 Å². The van der Waals surface area contributed by atoms with Gasteiger partial charge in [0.25, 0.3) is 0 Å². The summed E-state index contributed by atoms with van der Waals surface area (Å²) in [4.78, 5) is 6.81. The lowest BCUT2D eigenvalue weighted by molar-refractivity contribution is 0.289. The molecule has 2 aromatic rings. The van der Waals surface area contributed by atoms with Crippen LogP contribution in [0.2, 0.25) is 0 Å². The lowest BCUT2D eigenvalue weighted by Gasteiger charge is -2.24. The molecule has 1 aromatic heterocycles. The highest BCUT2D eigenvalue weighted by atomic mass is 32.1. The van der Waals surface area contributed by atoms with Crippen molar-refractivity contribution in [3.63, 3.8) is 0 Å². The fourth-order valence-electron chi connectivity index (χ4n) is 4.11. The minimum Gasteiger partial charge on any atom is -0.300 e. The van der Waals surface area contributed by atoms with Crippen LogP contribution in [0.4, 0.5) is 4.39 Å². The number of likely N-dealkylation sites (tertiary alicyclic amines) is 1. The Labute approximate surface area is 147 Å². The Morgan fingerprint density at radius 1 is 1.38 bits per heavy atom. The van der Waals surface area contributed by atoms with Crippen LogP contribution in [0, 0.1) is 0 Å². The molecule has 1 aliphatic heterocycles. The van der Waals surface area contributed by atoms with Crippen LogP contribution in [0.1, 0.15) is 47.7 Å². The van der Waals surface area contributed by atoms with E-state index in [1.54, 1.807) is 11.3 Å². The molecule has 0 N–H and O–H groups in total. The van der Waals surface area contributed by atoms with Gasteiger partial charge in [-0.05, 0) is 24.0 Å². The SMILES string of the molecule is CC(c1nccs1)C1C(CCN2CCC(F)C2)=Cc2ccccc21. The van der Waals surface area contributed by atoms with Crippen molar-refractivity contribution in [2.45, 2.75) is 37.8 Å². The number of halogens is 1. The second-order valence-corrected chi connectivity index (χ2v) is 7.85. The van der Waals surface area contributed by atoms with Crippen LogP contribution in [-0.2, 0) is 0 Å². The standard InChI is InChI=1S/C20H23FN2S/c1-14(20-22-8-11-24-20)19-16(6-9-23-10-7-17(21)13-23)12-15-4-2-3-5-18(15)19/h2-5,8,11-12,14,17,19H,6-7,9-10,13H2,1H3. The van der Waals surface area contributed by atoms with Crippen LogP contribution >= 0.6 is 11.3 Å². The number of aromatic nitrogens is 1. The summed E-state index contributed by atoms with van der Waals surface area (Å²) < 4.78 is 13.4. The monoisotopic (exact) mass is 342 g/mol. The highest BCUT2D eigenvalue weighted by molar-refractivity contribution is 7.09. The number of nitrogens with zero attached hydrogens (tertiary/aromatic N) is 2. The van der Waals surface area contributed by atoms with Gasteiger partial charge in [0, 0.05) is 43.0 Å². The van der Waals surface area contributed by atoms with Gasteiger partial charge in [0.05, 0.1) is 5.01 Å². The number of alkyl halides is 1. The van der Waals surface area contributed by atoms with Gasteiger partial charge in [-0.2, -0.15) is 0 Å². The van der Waals surface area contributed by atoms with E-state index in [1.165, 1.54) is 21.7 Å². The van der Waals surface area contributed by atoms with Crippen LogP contribution in [-0.4, -0.2) is 35.7 Å². The van der Waals surface area contributed by atoms with E-state index in [0.29, 0.717) is 24.8 Å².